The second-order valence-corrected chi connectivity index (χ2v) is 8.07. The third kappa shape index (κ3) is 4.57. The van der Waals surface area contributed by atoms with Gasteiger partial charge < -0.3 is 10.2 Å². The van der Waals surface area contributed by atoms with Crippen molar-refractivity contribution in [1.82, 2.24) is 25.0 Å². The molecule has 2 unspecified atom stereocenters. The molecule has 1 aliphatic rings. The standard InChI is InChI=1S/C23H26FN5O2/c1-15(30)26-20(16-7-9-18(24)10-8-16)13-21(31)29-12-4-5-17(14-29)22-19-6-3-11-25-23(19)28(2)27-22/h3,6-11,17,20H,4-5,12-14H2,1-2H3,(H,26,30). The number of hydrogen-bond acceptors (Lipinski definition) is 4. The first-order valence-corrected chi connectivity index (χ1v) is 10.5. The Labute approximate surface area is 180 Å². The highest BCUT2D eigenvalue weighted by molar-refractivity contribution is 5.80. The summed E-state index contributed by atoms with van der Waals surface area (Å²) < 4.78 is 15.1. The number of rotatable bonds is 5. The van der Waals surface area contributed by atoms with Crippen molar-refractivity contribution >= 4 is 22.8 Å². The van der Waals surface area contributed by atoms with Gasteiger partial charge in [0.25, 0.3) is 0 Å². The second kappa shape index (κ2) is 8.83. The summed E-state index contributed by atoms with van der Waals surface area (Å²) in [6.45, 7) is 2.67. The largest absolute Gasteiger partial charge is 0.349 e. The molecule has 3 heterocycles. The van der Waals surface area contributed by atoms with Gasteiger partial charge in [0.1, 0.15) is 5.82 Å². The van der Waals surface area contributed by atoms with E-state index in [2.05, 4.69) is 15.4 Å². The van der Waals surface area contributed by atoms with E-state index in [1.165, 1.54) is 19.1 Å². The number of piperidine rings is 1. The lowest BCUT2D eigenvalue weighted by atomic mass is 9.92. The monoisotopic (exact) mass is 423 g/mol. The molecular weight excluding hydrogens is 397 g/mol. The molecule has 3 aromatic rings. The van der Waals surface area contributed by atoms with E-state index in [1.807, 2.05) is 24.1 Å². The van der Waals surface area contributed by atoms with Gasteiger partial charge in [-0.05, 0) is 42.7 Å². The van der Waals surface area contributed by atoms with Crippen LogP contribution in [0.1, 0.15) is 49.4 Å². The number of aromatic nitrogens is 3. The molecule has 0 spiro atoms. The lowest BCUT2D eigenvalue weighted by molar-refractivity contribution is -0.133. The third-order valence-corrected chi connectivity index (χ3v) is 5.82. The van der Waals surface area contributed by atoms with Gasteiger partial charge in [-0.15, -0.1) is 0 Å². The number of hydrogen-bond donors (Lipinski definition) is 1. The van der Waals surface area contributed by atoms with Gasteiger partial charge in [-0.1, -0.05) is 12.1 Å². The summed E-state index contributed by atoms with van der Waals surface area (Å²) in [5.74, 6) is -0.486. The molecule has 31 heavy (non-hydrogen) atoms. The maximum Gasteiger partial charge on any atom is 0.225 e. The van der Waals surface area contributed by atoms with E-state index in [4.69, 9.17) is 0 Å². The quantitative estimate of drug-likeness (QED) is 0.684. The fourth-order valence-electron chi connectivity index (χ4n) is 4.34. The van der Waals surface area contributed by atoms with Crippen LogP contribution in [0.25, 0.3) is 11.0 Å². The van der Waals surface area contributed by atoms with Crippen LogP contribution in [-0.4, -0.2) is 44.6 Å². The van der Waals surface area contributed by atoms with Gasteiger partial charge in [0.05, 0.1) is 18.2 Å². The number of carbonyl (C=O) groups is 2. The Morgan fingerprint density at radius 2 is 2.03 bits per heavy atom. The number of amides is 2. The molecule has 7 nitrogen and oxygen atoms in total. The smallest absolute Gasteiger partial charge is 0.225 e. The van der Waals surface area contributed by atoms with E-state index in [0.29, 0.717) is 18.7 Å². The van der Waals surface area contributed by atoms with E-state index < -0.39 is 6.04 Å². The van der Waals surface area contributed by atoms with Crippen LogP contribution < -0.4 is 5.32 Å². The molecule has 1 N–H and O–H groups in total. The Hall–Kier alpha value is -3.29. The van der Waals surface area contributed by atoms with Gasteiger partial charge >= 0.3 is 0 Å². The highest BCUT2D eigenvalue weighted by atomic mass is 19.1. The van der Waals surface area contributed by atoms with Crippen LogP contribution in [0, 0.1) is 5.82 Å². The normalized spacial score (nSPS) is 17.5. The van der Waals surface area contributed by atoms with Crippen LogP contribution in [0.3, 0.4) is 0 Å². The summed E-state index contributed by atoms with van der Waals surface area (Å²) in [4.78, 5) is 31.1. The molecule has 1 saturated heterocycles. The maximum absolute atomic E-state index is 13.3. The number of halogens is 1. The van der Waals surface area contributed by atoms with Gasteiger partial charge in [-0.2, -0.15) is 5.10 Å². The number of benzene rings is 1. The molecule has 8 heteroatoms. The van der Waals surface area contributed by atoms with Gasteiger partial charge in [0, 0.05) is 44.6 Å². The predicted molar refractivity (Wildman–Crippen MR) is 115 cm³/mol. The summed E-state index contributed by atoms with van der Waals surface area (Å²) in [6, 6.07) is 9.32. The first-order valence-electron chi connectivity index (χ1n) is 10.5. The van der Waals surface area contributed by atoms with Crippen LogP contribution in [0.5, 0.6) is 0 Å². The summed E-state index contributed by atoms with van der Waals surface area (Å²) in [7, 11) is 1.88. The second-order valence-electron chi connectivity index (χ2n) is 8.07. The number of pyridine rings is 1. The van der Waals surface area contributed by atoms with Gasteiger partial charge in [-0.3, -0.25) is 14.3 Å². The summed E-state index contributed by atoms with van der Waals surface area (Å²) in [5.41, 5.74) is 2.52. The number of carbonyl (C=O) groups excluding carboxylic acids is 2. The molecule has 2 aromatic heterocycles. The first-order chi connectivity index (χ1) is 14.9. The molecule has 0 radical (unpaired) electrons. The lowest BCUT2D eigenvalue weighted by Crippen LogP contribution is -2.41. The van der Waals surface area contributed by atoms with Gasteiger partial charge in [0.2, 0.25) is 11.8 Å². The summed E-state index contributed by atoms with van der Waals surface area (Å²) in [6.07, 6.45) is 3.72. The minimum Gasteiger partial charge on any atom is -0.349 e. The van der Waals surface area contributed by atoms with Crippen LogP contribution >= 0.6 is 0 Å². The van der Waals surface area contributed by atoms with Crippen LogP contribution in [0.15, 0.2) is 42.6 Å². The fourth-order valence-corrected chi connectivity index (χ4v) is 4.34. The lowest BCUT2D eigenvalue weighted by Gasteiger charge is -2.33. The molecule has 162 valence electrons. The van der Waals surface area contributed by atoms with Crippen LogP contribution in [0.2, 0.25) is 0 Å². The van der Waals surface area contributed by atoms with Crippen LogP contribution in [0.4, 0.5) is 4.39 Å². The van der Waals surface area contributed by atoms with Crippen molar-refractivity contribution in [2.24, 2.45) is 7.05 Å². The van der Waals surface area contributed by atoms with Gasteiger partial charge in [-0.25, -0.2) is 9.37 Å². The third-order valence-electron chi connectivity index (χ3n) is 5.82. The highest BCUT2D eigenvalue weighted by Gasteiger charge is 2.29. The van der Waals surface area contributed by atoms with Crippen molar-refractivity contribution in [1.29, 1.82) is 0 Å². The molecular formula is C23H26FN5O2. The van der Waals surface area contributed by atoms with Crippen molar-refractivity contribution in [3.8, 4) is 0 Å². The molecule has 2 amide bonds. The molecule has 2 atom stereocenters. The predicted octanol–water partition coefficient (Wildman–Crippen LogP) is 3.08. The number of likely N-dealkylation sites (tertiary alicyclic amines) is 1. The SMILES string of the molecule is CC(=O)NC(CC(=O)N1CCCC(c2nn(C)c3ncccc23)C1)c1ccc(F)cc1. The van der Waals surface area contributed by atoms with Crippen molar-refractivity contribution in [3.63, 3.8) is 0 Å². The van der Waals surface area contributed by atoms with Crippen LogP contribution in [-0.2, 0) is 16.6 Å². The Morgan fingerprint density at radius 1 is 1.26 bits per heavy atom. The topological polar surface area (TPSA) is 80.1 Å². The van der Waals surface area contributed by atoms with E-state index in [1.54, 1.807) is 23.0 Å². The number of fused-ring (bicyclic) bond motifs is 1. The molecule has 0 aliphatic carbocycles. The molecule has 1 aromatic carbocycles. The molecule has 0 saturated carbocycles. The van der Waals surface area contributed by atoms with Crippen molar-refractivity contribution in [2.45, 2.75) is 38.1 Å². The zero-order valence-corrected chi connectivity index (χ0v) is 17.7. The van der Waals surface area contributed by atoms with Crippen molar-refractivity contribution in [3.05, 3.63) is 59.7 Å². The Morgan fingerprint density at radius 3 is 2.77 bits per heavy atom. The average Bonchev–Trinajstić information content (AvgIpc) is 3.10. The minimum absolute atomic E-state index is 0.0360. The van der Waals surface area contributed by atoms with Crippen molar-refractivity contribution < 1.29 is 14.0 Å². The van der Waals surface area contributed by atoms with E-state index in [0.717, 1.165) is 29.6 Å². The number of aryl methyl sites for hydroxylation is 1. The van der Waals surface area contributed by atoms with E-state index in [9.17, 15) is 14.0 Å². The molecule has 1 fully saturated rings. The number of nitrogens with one attached hydrogen (secondary N) is 1. The molecule has 4 rings (SSSR count). The Kier molecular flexibility index (Phi) is 5.97. The molecule has 0 bridgehead atoms. The average molecular weight is 423 g/mol. The molecule has 1 aliphatic heterocycles. The zero-order chi connectivity index (χ0) is 22.0. The fraction of sp³-hybridized carbons (Fsp3) is 0.391. The summed E-state index contributed by atoms with van der Waals surface area (Å²) in [5, 5.41) is 8.53. The highest BCUT2D eigenvalue weighted by Crippen LogP contribution is 2.31. The van der Waals surface area contributed by atoms with Crippen molar-refractivity contribution in [2.75, 3.05) is 13.1 Å². The Bertz CT molecular complexity index is 1100. The van der Waals surface area contributed by atoms with E-state index >= 15 is 0 Å². The maximum atomic E-state index is 13.3. The van der Waals surface area contributed by atoms with E-state index in [-0.39, 0.29) is 30.0 Å². The van der Waals surface area contributed by atoms with Gasteiger partial charge in [0.15, 0.2) is 5.65 Å². The Balaban J connectivity index is 1.51. The minimum atomic E-state index is -0.495. The first kappa shape index (κ1) is 21.0. The number of nitrogens with zero attached hydrogens (tertiary/aromatic N) is 4. The summed E-state index contributed by atoms with van der Waals surface area (Å²) >= 11 is 0. The zero-order valence-electron chi connectivity index (χ0n) is 17.7.